The predicted molar refractivity (Wildman–Crippen MR) is 75.5 cm³/mol. The zero-order valence-corrected chi connectivity index (χ0v) is 11.4. The molecule has 2 rings (SSSR count). The first-order chi connectivity index (χ1) is 10.0. The van der Waals surface area contributed by atoms with Crippen molar-refractivity contribution >= 4 is 23.3 Å². The van der Waals surface area contributed by atoms with Crippen LogP contribution >= 0.6 is 0 Å². The van der Waals surface area contributed by atoms with E-state index in [1.165, 1.54) is 25.3 Å². The molecule has 0 aliphatic rings. The highest BCUT2D eigenvalue weighted by atomic mass is 16.6. The lowest BCUT2D eigenvalue weighted by molar-refractivity contribution is -0.384. The maximum Gasteiger partial charge on any atom is 0.345 e. The van der Waals surface area contributed by atoms with Crippen molar-refractivity contribution in [1.82, 2.24) is 9.78 Å². The minimum Gasteiger partial charge on any atom is -0.465 e. The second-order valence-corrected chi connectivity index (χ2v) is 4.01. The number of nitrogens with two attached hydrogens (primary N) is 1. The highest BCUT2D eigenvalue weighted by Gasteiger charge is 2.26. The Kier molecular flexibility index (Phi) is 3.74. The smallest absolute Gasteiger partial charge is 0.345 e. The van der Waals surface area contributed by atoms with Gasteiger partial charge in [0.25, 0.3) is 5.69 Å². The molecule has 1 heterocycles. The number of nitrogens with zero attached hydrogens (tertiary/aromatic N) is 3. The molecule has 0 aliphatic carbocycles. The predicted octanol–water partition coefficient (Wildman–Crippen LogP) is 1.19. The standard InChI is InChI=1S/C12H13N5O4/c1-14-11-9(12(18)21-2)10(13)16(15-11)7-5-3-4-6-8(7)17(19)20/h3-6H,13H2,1-2H3,(H,14,15). The molecule has 9 heteroatoms. The Labute approximate surface area is 119 Å². The Morgan fingerprint density at radius 2 is 2.14 bits per heavy atom. The average Bonchev–Trinajstić information content (AvgIpc) is 2.83. The van der Waals surface area contributed by atoms with E-state index in [1.807, 2.05) is 0 Å². The van der Waals surface area contributed by atoms with E-state index in [0.29, 0.717) is 0 Å². The molecule has 0 spiro atoms. The van der Waals surface area contributed by atoms with Gasteiger partial charge in [0.1, 0.15) is 17.1 Å². The van der Waals surface area contributed by atoms with Crippen LogP contribution in [0.4, 0.5) is 17.3 Å². The monoisotopic (exact) mass is 291 g/mol. The molecular weight excluding hydrogens is 278 g/mol. The number of nitrogens with one attached hydrogen (secondary N) is 1. The van der Waals surface area contributed by atoms with Gasteiger partial charge in [-0.1, -0.05) is 12.1 Å². The SMILES string of the molecule is CNc1nn(-c2ccccc2[N+](=O)[O-])c(N)c1C(=O)OC. The van der Waals surface area contributed by atoms with Crippen molar-refractivity contribution in [1.29, 1.82) is 0 Å². The lowest BCUT2D eigenvalue weighted by atomic mass is 10.2. The second kappa shape index (κ2) is 5.49. The number of hydrogen-bond donors (Lipinski definition) is 2. The van der Waals surface area contributed by atoms with Gasteiger partial charge in [-0.3, -0.25) is 10.1 Å². The van der Waals surface area contributed by atoms with Crippen LogP contribution in [0, 0.1) is 10.1 Å². The summed E-state index contributed by atoms with van der Waals surface area (Å²) in [6, 6.07) is 5.96. The van der Waals surface area contributed by atoms with E-state index < -0.39 is 10.9 Å². The summed E-state index contributed by atoms with van der Waals surface area (Å²) >= 11 is 0. The fourth-order valence-electron chi connectivity index (χ4n) is 1.89. The van der Waals surface area contributed by atoms with Crippen molar-refractivity contribution in [2.45, 2.75) is 0 Å². The molecule has 0 fully saturated rings. The summed E-state index contributed by atoms with van der Waals surface area (Å²) in [7, 11) is 2.77. The van der Waals surface area contributed by atoms with E-state index in [2.05, 4.69) is 15.2 Å². The van der Waals surface area contributed by atoms with Crippen LogP contribution < -0.4 is 11.1 Å². The second-order valence-electron chi connectivity index (χ2n) is 4.01. The molecule has 0 saturated heterocycles. The molecule has 0 unspecified atom stereocenters. The summed E-state index contributed by atoms with van der Waals surface area (Å²) in [6.45, 7) is 0. The molecule has 0 atom stereocenters. The Balaban J connectivity index is 2.69. The van der Waals surface area contributed by atoms with Crippen molar-refractivity contribution in [2.75, 3.05) is 25.2 Å². The number of anilines is 2. The van der Waals surface area contributed by atoms with Gasteiger partial charge in [-0.05, 0) is 6.07 Å². The normalized spacial score (nSPS) is 10.2. The Morgan fingerprint density at radius 1 is 1.48 bits per heavy atom. The summed E-state index contributed by atoms with van der Waals surface area (Å²) in [5.41, 5.74) is 5.90. The molecule has 1 aromatic heterocycles. The topological polar surface area (TPSA) is 125 Å². The molecule has 0 radical (unpaired) electrons. The van der Waals surface area contributed by atoms with Crippen molar-refractivity contribution in [3.8, 4) is 5.69 Å². The van der Waals surface area contributed by atoms with Gasteiger partial charge in [-0.25, -0.2) is 9.48 Å². The molecule has 0 saturated carbocycles. The van der Waals surface area contributed by atoms with Crippen molar-refractivity contribution in [3.05, 3.63) is 39.9 Å². The van der Waals surface area contributed by atoms with Gasteiger partial charge < -0.3 is 15.8 Å². The summed E-state index contributed by atoms with van der Waals surface area (Å²) in [6.07, 6.45) is 0. The Hall–Kier alpha value is -3.10. The Bertz CT molecular complexity index is 710. The van der Waals surface area contributed by atoms with E-state index >= 15 is 0 Å². The lowest BCUT2D eigenvalue weighted by Gasteiger charge is -2.05. The lowest BCUT2D eigenvalue weighted by Crippen LogP contribution is -2.09. The zero-order chi connectivity index (χ0) is 15.6. The molecule has 2 aromatic rings. The minimum atomic E-state index is -0.679. The number of ether oxygens (including phenoxy) is 1. The van der Waals surface area contributed by atoms with Gasteiger partial charge in [-0.15, -0.1) is 5.10 Å². The third-order valence-electron chi connectivity index (χ3n) is 2.85. The first-order valence-corrected chi connectivity index (χ1v) is 5.89. The van der Waals surface area contributed by atoms with Crippen LogP contribution in [0.1, 0.15) is 10.4 Å². The number of carbonyl (C=O) groups is 1. The first kappa shape index (κ1) is 14.3. The molecule has 0 bridgehead atoms. The van der Waals surface area contributed by atoms with Crippen LogP contribution in [0.15, 0.2) is 24.3 Å². The van der Waals surface area contributed by atoms with Gasteiger partial charge in [0.2, 0.25) is 0 Å². The van der Waals surface area contributed by atoms with E-state index in [1.54, 1.807) is 13.1 Å². The number of nitro benzene ring substituents is 1. The van der Waals surface area contributed by atoms with Gasteiger partial charge >= 0.3 is 5.97 Å². The van der Waals surface area contributed by atoms with Crippen molar-refractivity contribution in [3.63, 3.8) is 0 Å². The molecular formula is C12H13N5O4. The van der Waals surface area contributed by atoms with Crippen LogP contribution in [-0.4, -0.2) is 34.8 Å². The van der Waals surface area contributed by atoms with Crippen molar-refractivity contribution in [2.24, 2.45) is 0 Å². The highest BCUT2D eigenvalue weighted by Crippen LogP contribution is 2.29. The number of para-hydroxylation sites is 2. The van der Waals surface area contributed by atoms with Gasteiger partial charge in [0.15, 0.2) is 5.82 Å². The Morgan fingerprint density at radius 3 is 2.71 bits per heavy atom. The van der Waals surface area contributed by atoms with Crippen molar-refractivity contribution < 1.29 is 14.5 Å². The number of nitro groups is 1. The number of aromatic nitrogens is 2. The van der Waals surface area contributed by atoms with Crippen LogP contribution in [-0.2, 0) is 4.74 Å². The maximum absolute atomic E-state index is 11.7. The molecule has 110 valence electrons. The number of nitrogen functional groups attached to an aromatic ring is 1. The van der Waals surface area contributed by atoms with Crippen LogP contribution in [0.3, 0.4) is 0 Å². The van der Waals surface area contributed by atoms with Crippen LogP contribution in [0.2, 0.25) is 0 Å². The molecule has 3 N–H and O–H groups in total. The number of hydrogen-bond acceptors (Lipinski definition) is 7. The number of benzene rings is 1. The van der Waals surface area contributed by atoms with E-state index in [9.17, 15) is 14.9 Å². The number of esters is 1. The minimum absolute atomic E-state index is 0.0261. The average molecular weight is 291 g/mol. The first-order valence-electron chi connectivity index (χ1n) is 5.89. The van der Waals surface area contributed by atoms with Crippen LogP contribution in [0.25, 0.3) is 5.69 Å². The quantitative estimate of drug-likeness (QED) is 0.492. The van der Waals surface area contributed by atoms with E-state index in [0.717, 1.165) is 4.68 Å². The third-order valence-corrected chi connectivity index (χ3v) is 2.85. The number of carbonyl (C=O) groups excluding carboxylic acids is 1. The number of rotatable bonds is 4. The number of methoxy groups -OCH3 is 1. The van der Waals surface area contributed by atoms with Gasteiger partial charge in [-0.2, -0.15) is 0 Å². The molecule has 0 aliphatic heterocycles. The van der Waals surface area contributed by atoms with E-state index in [4.69, 9.17) is 5.73 Å². The molecule has 21 heavy (non-hydrogen) atoms. The molecule has 9 nitrogen and oxygen atoms in total. The summed E-state index contributed by atoms with van der Waals surface area (Å²) < 4.78 is 5.78. The van der Waals surface area contributed by atoms with Gasteiger partial charge in [0.05, 0.1) is 12.0 Å². The fraction of sp³-hybridized carbons (Fsp3) is 0.167. The van der Waals surface area contributed by atoms with E-state index in [-0.39, 0.29) is 28.6 Å². The fourth-order valence-corrected chi connectivity index (χ4v) is 1.89. The largest absolute Gasteiger partial charge is 0.465 e. The highest BCUT2D eigenvalue weighted by molar-refractivity contribution is 6.00. The molecule has 0 amide bonds. The summed E-state index contributed by atoms with van der Waals surface area (Å²) in [4.78, 5) is 22.3. The zero-order valence-electron chi connectivity index (χ0n) is 11.4. The molecule has 1 aromatic carbocycles. The summed E-state index contributed by atoms with van der Waals surface area (Å²) in [5.74, 6) is -0.542. The maximum atomic E-state index is 11.7. The van der Waals surface area contributed by atoms with Crippen LogP contribution in [0.5, 0.6) is 0 Å². The summed E-state index contributed by atoms with van der Waals surface area (Å²) in [5, 5.41) is 17.9. The van der Waals surface area contributed by atoms with Gasteiger partial charge in [0, 0.05) is 13.1 Å². The third kappa shape index (κ3) is 2.36.